The van der Waals surface area contributed by atoms with Gasteiger partial charge in [0.15, 0.2) is 0 Å². The third-order valence-corrected chi connectivity index (χ3v) is 4.91. The van der Waals surface area contributed by atoms with Crippen LogP contribution in [0.2, 0.25) is 0 Å². The molecule has 1 amide bonds. The summed E-state index contributed by atoms with van der Waals surface area (Å²) in [6.07, 6.45) is 2.56. The zero-order valence-electron chi connectivity index (χ0n) is 13.2. The molecule has 3 nitrogen and oxygen atoms in total. The molecule has 21 heavy (non-hydrogen) atoms. The molecule has 1 atom stereocenters. The lowest BCUT2D eigenvalue weighted by molar-refractivity contribution is 0.0926. The second kappa shape index (κ2) is 7.41. The van der Waals surface area contributed by atoms with Crippen molar-refractivity contribution < 1.29 is 4.79 Å². The monoisotopic (exact) mass is 352 g/mol. The number of amides is 1. The van der Waals surface area contributed by atoms with Crippen LogP contribution < -0.4 is 5.32 Å². The molecule has 1 aromatic carbocycles. The van der Waals surface area contributed by atoms with E-state index in [1.165, 1.54) is 12.8 Å². The molecule has 116 valence electrons. The third kappa shape index (κ3) is 4.30. The molecular formula is C17H25BrN2O. The Morgan fingerprint density at radius 3 is 2.62 bits per heavy atom. The van der Waals surface area contributed by atoms with Gasteiger partial charge in [0, 0.05) is 17.1 Å². The lowest BCUT2D eigenvalue weighted by Crippen LogP contribution is -2.45. The van der Waals surface area contributed by atoms with Gasteiger partial charge in [-0.1, -0.05) is 25.5 Å². The first-order chi connectivity index (χ1) is 9.99. The Kier molecular flexibility index (Phi) is 5.82. The van der Waals surface area contributed by atoms with E-state index in [0.717, 1.165) is 35.2 Å². The molecule has 0 radical (unpaired) electrons. The average molecular weight is 353 g/mol. The van der Waals surface area contributed by atoms with Crippen LogP contribution in [0.3, 0.4) is 0 Å². The van der Waals surface area contributed by atoms with Crippen LogP contribution in [-0.4, -0.2) is 36.5 Å². The van der Waals surface area contributed by atoms with Gasteiger partial charge in [0.1, 0.15) is 0 Å². The number of aryl methyl sites for hydroxylation is 1. The molecule has 0 spiro atoms. The summed E-state index contributed by atoms with van der Waals surface area (Å²) in [5, 5.41) is 3.11. The highest BCUT2D eigenvalue weighted by Gasteiger charge is 2.25. The molecular weight excluding hydrogens is 328 g/mol. The number of nitrogens with zero attached hydrogens (tertiary/aromatic N) is 1. The van der Waals surface area contributed by atoms with Gasteiger partial charge in [-0.05, 0) is 66.8 Å². The molecule has 4 heteroatoms. The minimum Gasteiger partial charge on any atom is -0.350 e. The molecule has 1 unspecified atom stereocenters. The summed E-state index contributed by atoms with van der Waals surface area (Å²) < 4.78 is 0.855. The maximum Gasteiger partial charge on any atom is 0.252 e. The molecule has 0 saturated carbocycles. The Balaban J connectivity index is 1.99. The minimum absolute atomic E-state index is 0.00965. The number of nitrogens with one attached hydrogen (secondary N) is 1. The van der Waals surface area contributed by atoms with E-state index in [1.54, 1.807) is 0 Å². The van der Waals surface area contributed by atoms with Crippen LogP contribution in [0.25, 0.3) is 0 Å². The van der Waals surface area contributed by atoms with Crippen LogP contribution in [0, 0.1) is 12.8 Å². The van der Waals surface area contributed by atoms with E-state index in [-0.39, 0.29) is 5.91 Å². The molecule has 0 bridgehead atoms. The van der Waals surface area contributed by atoms with Crippen molar-refractivity contribution in [2.45, 2.75) is 39.7 Å². The Morgan fingerprint density at radius 2 is 2.00 bits per heavy atom. The van der Waals surface area contributed by atoms with E-state index in [9.17, 15) is 4.79 Å². The molecule has 0 aliphatic carbocycles. The first-order valence-electron chi connectivity index (χ1n) is 7.77. The SMILES string of the molecule is Cc1ccc(Br)c(C(=O)NCC(C(C)C)N2CCCC2)c1. The molecule has 1 aliphatic rings. The van der Waals surface area contributed by atoms with Gasteiger partial charge in [0.05, 0.1) is 5.56 Å². The summed E-state index contributed by atoms with van der Waals surface area (Å²) in [7, 11) is 0. The maximum absolute atomic E-state index is 12.4. The lowest BCUT2D eigenvalue weighted by Gasteiger charge is -2.31. The van der Waals surface area contributed by atoms with E-state index in [2.05, 4.69) is 40.0 Å². The van der Waals surface area contributed by atoms with Crippen molar-refractivity contribution in [3.63, 3.8) is 0 Å². The summed E-state index contributed by atoms with van der Waals surface area (Å²) in [6, 6.07) is 6.30. The summed E-state index contributed by atoms with van der Waals surface area (Å²) in [4.78, 5) is 14.9. The zero-order chi connectivity index (χ0) is 15.4. The van der Waals surface area contributed by atoms with Gasteiger partial charge in [-0.3, -0.25) is 9.69 Å². The van der Waals surface area contributed by atoms with Crippen molar-refractivity contribution >= 4 is 21.8 Å². The number of carbonyl (C=O) groups excluding carboxylic acids is 1. The Bertz CT molecular complexity index is 496. The van der Waals surface area contributed by atoms with E-state index in [4.69, 9.17) is 0 Å². The average Bonchev–Trinajstić information content (AvgIpc) is 2.95. The van der Waals surface area contributed by atoms with Crippen LogP contribution in [0.1, 0.15) is 42.6 Å². The van der Waals surface area contributed by atoms with Crippen molar-refractivity contribution in [2.24, 2.45) is 5.92 Å². The van der Waals surface area contributed by atoms with Gasteiger partial charge in [-0.15, -0.1) is 0 Å². The summed E-state index contributed by atoms with van der Waals surface area (Å²) >= 11 is 3.46. The van der Waals surface area contributed by atoms with Crippen LogP contribution in [0.4, 0.5) is 0 Å². The molecule has 0 aromatic heterocycles. The maximum atomic E-state index is 12.4. The van der Waals surface area contributed by atoms with Crippen molar-refractivity contribution in [2.75, 3.05) is 19.6 Å². The Labute approximate surface area is 136 Å². The predicted octanol–water partition coefficient (Wildman–Crippen LogP) is 3.61. The van der Waals surface area contributed by atoms with Crippen LogP contribution >= 0.6 is 15.9 Å². The van der Waals surface area contributed by atoms with Gasteiger partial charge in [-0.2, -0.15) is 0 Å². The molecule has 1 fully saturated rings. The normalized spacial score (nSPS) is 17.2. The van der Waals surface area contributed by atoms with Crippen molar-refractivity contribution in [1.29, 1.82) is 0 Å². The third-order valence-electron chi connectivity index (χ3n) is 4.22. The Morgan fingerprint density at radius 1 is 1.33 bits per heavy atom. The summed E-state index contributed by atoms with van der Waals surface area (Å²) in [5.74, 6) is 0.555. The fourth-order valence-corrected chi connectivity index (χ4v) is 3.39. The standard InChI is InChI=1S/C17H25BrN2O/c1-12(2)16(20-8-4-5-9-20)11-19-17(21)14-10-13(3)6-7-15(14)18/h6-7,10,12,16H,4-5,8-9,11H2,1-3H3,(H,19,21). The van der Waals surface area contributed by atoms with Crippen LogP contribution in [-0.2, 0) is 0 Å². The minimum atomic E-state index is 0.00965. The largest absolute Gasteiger partial charge is 0.350 e. The summed E-state index contributed by atoms with van der Waals surface area (Å²) in [5.41, 5.74) is 1.82. The highest BCUT2D eigenvalue weighted by atomic mass is 79.9. The van der Waals surface area contributed by atoms with Gasteiger partial charge < -0.3 is 5.32 Å². The van der Waals surface area contributed by atoms with Gasteiger partial charge in [0.2, 0.25) is 0 Å². The van der Waals surface area contributed by atoms with Crippen molar-refractivity contribution in [3.05, 3.63) is 33.8 Å². The molecule has 1 aromatic rings. The predicted molar refractivity (Wildman–Crippen MR) is 90.6 cm³/mol. The van der Waals surface area contributed by atoms with E-state index in [1.807, 2.05) is 25.1 Å². The van der Waals surface area contributed by atoms with Crippen LogP contribution in [0.5, 0.6) is 0 Å². The van der Waals surface area contributed by atoms with Crippen LogP contribution in [0.15, 0.2) is 22.7 Å². The number of likely N-dealkylation sites (tertiary alicyclic amines) is 1. The number of carbonyl (C=O) groups is 1. The Hall–Kier alpha value is -0.870. The number of halogens is 1. The highest BCUT2D eigenvalue weighted by Crippen LogP contribution is 2.19. The molecule has 1 N–H and O–H groups in total. The second-order valence-electron chi connectivity index (χ2n) is 6.25. The lowest BCUT2D eigenvalue weighted by atomic mass is 10.0. The number of hydrogen-bond acceptors (Lipinski definition) is 2. The quantitative estimate of drug-likeness (QED) is 0.877. The van der Waals surface area contributed by atoms with Crippen molar-refractivity contribution in [3.8, 4) is 0 Å². The van der Waals surface area contributed by atoms with Gasteiger partial charge >= 0.3 is 0 Å². The number of benzene rings is 1. The van der Waals surface area contributed by atoms with Gasteiger partial charge in [-0.25, -0.2) is 0 Å². The number of hydrogen-bond donors (Lipinski definition) is 1. The van der Waals surface area contributed by atoms with Gasteiger partial charge in [0.25, 0.3) is 5.91 Å². The fourth-order valence-electron chi connectivity index (χ4n) is 2.97. The first-order valence-corrected chi connectivity index (χ1v) is 8.56. The smallest absolute Gasteiger partial charge is 0.252 e. The topological polar surface area (TPSA) is 32.3 Å². The molecule has 1 heterocycles. The molecule has 2 rings (SSSR count). The van der Waals surface area contributed by atoms with E-state index >= 15 is 0 Å². The second-order valence-corrected chi connectivity index (χ2v) is 7.10. The molecule has 1 saturated heterocycles. The summed E-state index contributed by atoms with van der Waals surface area (Å²) in [6.45, 7) is 9.51. The molecule has 1 aliphatic heterocycles. The highest BCUT2D eigenvalue weighted by molar-refractivity contribution is 9.10. The first kappa shape index (κ1) is 16.5. The van der Waals surface area contributed by atoms with Crippen molar-refractivity contribution in [1.82, 2.24) is 10.2 Å². The van der Waals surface area contributed by atoms with E-state index in [0.29, 0.717) is 12.0 Å². The number of rotatable bonds is 5. The zero-order valence-corrected chi connectivity index (χ0v) is 14.7. The fraction of sp³-hybridized carbons (Fsp3) is 0.588. The van der Waals surface area contributed by atoms with E-state index < -0.39 is 0 Å².